The van der Waals surface area contributed by atoms with Gasteiger partial charge in [-0.1, -0.05) is 12.1 Å². The third-order valence-electron chi connectivity index (χ3n) is 5.26. The lowest BCUT2D eigenvalue weighted by atomic mass is 10.1. The molecule has 2 aromatic heterocycles. The molecule has 0 amide bonds. The number of carboxylic acids is 1. The van der Waals surface area contributed by atoms with Crippen LogP contribution < -0.4 is 5.43 Å². The Balaban J connectivity index is 1.91. The molecule has 0 atom stereocenters. The monoisotopic (exact) mass is 511 g/mol. The highest BCUT2D eigenvalue weighted by atomic mass is 79.9. The number of benzene rings is 3. The Hall–Kier alpha value is -4.05. The molecule has 5 rings (SSSR count). The number of halogens is 3. The maximum atomic E-state index is 15.2. The molecule has 3 aromatic carbocycles. The molecule has 2 N–H and O–H groups in total. The number of nitrogens with zero attached hydrogens (tertiary/aromatic N) is 3. The first kappa shape index (κ1) is 20.8. The third-order valence-corrected chi connectivity index (χ3v) is 5.90. The summed E-state index contributed by atoms with van der Waals surface area (Å²) in [5.74, 6) is -3.56. The first-order chi connectivity index (χ1) is 15.8. The molecule has 0 saturated heterocycles. The summed E-state index contributed by atoms with van der Waals surface area (Å²) >= 11 is 3.43. The van der Waals surface area contributed by atoms with E-state index in [2.05, 4.69) is 21.0 Å². The lowest BCUT2D eigenvalue weighted by Gasteiger charge is -2.15. The molecule has 0 saturated carbocycles. The highest BCUT2D eigenvalue weighted by Crippen LogP contribution is 2.30. The minimum Gasteiger partial charge on any atom is -0.508 e. The third kappa shape index (κ3) is 3.26. The molecule has 0 spiro atoms. The Morgan fingerprint density at radius 1 is 1.03 bits per heavy atom. The van der Waals surface area contributed by atoms with Gasteiger partial charge in [-0.05, 0) is 46.3 Å². The molecule has 0 aliphatic heterocycles. The molecular formula is C23H12BrF2N3O4. The van der Waals surface area contributed by atoms with Crippen LogP contribution in [0.15, 0.2) is 70.2 Å². The largest absolute Gasteiger partial charge is 0.508 e. The quantitative estimate of drug-likeness (QED) is 0.363. The van der Waals surface area contributed by atoms with Crippen molar-refractivity contribution in [2.45, 2.75) is 0 Å². The van der Waals surface area contributed by atoms with E-state index in [1.54, 1.807) is 24.4 Å². The number of rotatable bonds is 3. The zero-order valence-corrected chi connectivity index (χ0v) is 18.0. The van der Waals surface area contributed by atoms with Crippen LogP contribution in [-0.4, -0.2) is 30.5 Å². The number of para-hydroxylation sites is 1. The second-order valence-corrected chi connectivity index (χ2v) is 8.09. The van der Waals surface area contributed by atoms with Gasteiger partial charge in [0.25, 0.3) is 0 Å². The first-order valence-corrected chi connectivity index (χ1v) is 10.3. The van der Waals surface area contributed by atoms with E-state index in [0.29, 0.717) is 9.99 Å². The molecule has 0 unspecified atom stereocenters. The van der Waals surface area contributed by atoms with E-state index in [4.69, 9.17) is 0 Å². The van der Waals surface area contributed by atoms with E-state index in [-0.39, 0.29) is 28.0 Å². The maximum absolute atomic E-state index is 15.2. The fourth-order valence-corrected chi connectivity index (χ4v) is 4.31. The number of phenolic OH excluding ortho intramolecular Hbond substituents is 1. The minimum absolute atomic E-state index is 0.0280. The summed E-state index contributed by atoms with van der Waals surface area (Å²) in [5.41, 5.74) is -1.10. The van der Waals surface area contributed by atoms with Crippen LogP contribution in [-0.2, 0) is 0 Å². The maximum Gasteiger partial charge on any atom is 0.341 e. The zero-order valence-electron chi connectivity index (χ0n) is 16.5. The van der Waals surface area contributed by atoms with Crippen LogP contribution in [0.2, 0.25) is 0 Å². The van der Waals surface area contributed by atoms with Crippen LogP contribution in [0.4, 0.5) is 8.78 Å². The van der Waals surface area contributed by atoms with Gasteiger partial charge >= 0.3 is 5.97 Å². The van der Waals surface area contributed by atoms with E-state index in [1.807, 2.05) is 0 Å². The molecule has 0 bridgehead atoms. The van der Waals surface area contributed by atoms with Gasteiger partial charge in [-0.2, -0.15) is 5.10 Å². The summed E-state index contributed by atoms with van der Waals surface area (Å²) in [6.07, 6.45) is 2.52. The molecule has 0 aliphatic carbocycles. The van der Waals surface area contributed by atoms with E-state index in [0.717, 1.165) is 28.3 Å². The van der Waals surface area contributed by atoms with E-state index >= 15 is 4.39 Å². The lowest BCUT2D eigenvalue weighted by Crippen LogP contribution is -2.19. The molecular weight excluding hydrogens is 500 g/mol. The number of fused-ring (bicyclic) bond motifs is 2. The standard InChI is InChI=1S/C23H12BrF2N3O4/c24-15-3-1-2-11-9-27-29(21(11)15)20-8-19-13(7-17(20)26)22(31)14(23(32)33)10-28(19)18-5-4-12(30)6-16(18)25/h1-10,30H,(H,32,33). The molecule has 10 heteroatoms. The van der Waals surface area contributed by atoms with Gasteiger partial charge in [-0.25, -0.2) is 18.3 Å². The van der Waals surface area contributed by atoms with Gasteiger partial charge in [-0.15, -0.1) is 0 Å². The number of hydrogen-bond acceptors (Lipinski definition) is 4. The second-order valence-electron chi connectivity index (χ2n) is 7.24. The van der Waals surface area contributed by atoms with E-state index in [9.17, 15) is 24.2 Å². The van der Waals surface area contributed by atoms with E-state index in [1.165, 1.54) is 22.9 Å². The van der Waals surface area contributed by atoms with Crippen molar-refractivity contribution in [1.29, 1.82) is 0 Å². The van der Waals surface area contributed by atoms with Gasteiger partial charge in [0.15, 0.2) is 5.82 Å². The number of aromatic carboxylic acids is 1. The smallest absolute Gasteiger partial charge is 0.341 e. The summed E-state index contributed by atoms with van der Waals surface area (Å²) in [6.45, 7) is 0. The summed E-state index contributed by atoms with van der Waals surface area (Å²) in [6, 6.07) is 10.9. The fourth-order valence-electron chi connectivity index (χ4n) is 3.76. The zero-order chi connectivity index (χ0) is 23.4. The van der Waals surface area contributed by atoms with Crippen molar-refractivity contribution in [3.05, 3.63) is 92.8 Å². The molecule has 7 nitrogen and oxygen atoms in total. The van der Waals surface area contributed by atoms with Crippen LogP contribution in [0.5, 0.6) is 5.75 Å². The van der Waals surface area contributed by atoms with Gasteiger partial charge in [0.1, 0.15) is 22.8 Å². The van der Waals surface area contributed by atoms with Crippen molar-refractivity contribution in [1.82, 2.24) is 14.3 Å². The Morgan fingerprint density at radius 2 is 1.79 bits per heavy atom. The Labute approximate surface area is 191 Å². The molecule has 0 radical (unpaired) electrons. The van der Waals surface area contributed by atoms with Gasteiger partial charge in [0, 0.05) is 27.5 Å². The average Bonchev–Trinajstić information content (AvgIpc) is 3.19. The number of hydrogen-bond donors (Lipinski definition) is 2. The van der Waals surface area contributed by atoms with Gasteiger partial charge in [0.2, 0.25) is 5.43 Å². The summed E-state index contributed by atoms with van der Waals surface area (Å²) in [5, 5.41) is 23.8. The van der Waals surface area contributed by atoms with Crippen LogP contribution in [0.3, 0.4) is 0 Å². The van der Waals surface area contributed by atoms with Crippen LogP contribution in [0.1, 0.15) is 10.4 Å². The molecule has 0 fully saturated rings. The van der Waals surface area contributed by atoms with Crippen molar-refractivity contribution in [2.75, 3.05) is 0 Å². The molecule has 2 heterocycles. The summed E-state index contributed by atoms with van der Waals surface area (Å²) in [4.78, 5) is 24.4. The normalized spacial score (nSPS) is 11.4. The number of pyridine rings is 1. The highest BCUT2D eigenvalue weighted by molar-refractivity contribution is 9.10. The Kier molecular flexibility index (Phi) is 4.75. The summed E-state index contributed by atoms with van der Waals surface area (Å²) < 4.78 is 33.1. The van der Waals surface area contributed by atoms with Gasteiger partial charge in [-0.3, -0.25) is 4.79 Å². The van der Waals surface area contributed by atoms with E-state index < -0.39 is 28.6 Å². The van der Waals surface area contributed by atoms with Crippen molar-refractivity contribution in [3.63, 3.8) is 0 Å². The van der Waals surface area contributed by atoms with Crippen LogP contribution >= 0.6 is 15.9 Å². The fraction of sp³-hybridized carbons (Fsp3) is 0. The summed E-state index contributed by atoms with van der Waals surface area (Å²) in [7, 11) is 0. The highest BCUT2D eigenvalue weighted by Gasteiger charge is 2.21. The number of aromatic hydroxyl groups is 1. The van der Waals surface area contributed by atoms with Crippen molar-refractivity contribution in [3.8, 4) is 17.1 Å². The minimum atomic E-state index is -1.54. The number of carbonyl (C=O) groups is 1. The van der Waals surface area contributed by atoms with Crippen molar-refractivity contribution < 1.29 is 23.8 Å². The van der Waals surface area contributed by atoms with Crippen molar-refractivity contribution in [2.24, 2.45) is 0 Å². The lowest BCUT2D eigenvalue weighted by molar-refractivity contribution is 0.0695. The van der Waals surface area contributed by atoms with Crippen LogP contribution in [0.25, 0.3) is 33.2 Å². The van der Waals surface area contributed by atoms with Gasteiger partial charge in [0.05, 0.1) is 22.9 Å². The SMILES string of the molecule is O=C(O)c1cn(-c2ccc(O)cc2F)c2cc(-n3ncc4cccc(Br)c43)c(F)cc2c1=O. The second kappa shape index (κ2) is 7.52. The number of aromatic nitrogens is 3. The Bertz CT molecular complexity index is 1680. The molecule has 5 aromatic rings. The number of carboxylic acid groups (broad SMARTS) is 1. The average molecular weight is 512 g/mol. The topological polar surface area (TPSA) is 97.3 Å². The Morgan fingerprint density at radius 3 is 2.52 bits per heavy atom. The van der Waals surface area contributed by atoms with Gasteiger partial charge < -0.3 is 14.8 Å². The molecule has 0 aliphatic rings. The molecule has 164 valence electrons. The number of phenols is 1. The predicted molar refractivity (Wildman–Crippen MR) is 120 cm³/mol. The molecule has 33 heavy (non-hydrogen) atoms. The predicted octanol–water partition coefficient (Wildman–Crippen LogP) is 4.77. The van der Waals surface area contributed by atoms with Crippen molar-refractivity contribution >= 4 is 43.7 Å². The first-order valence-electron chi connectivity index (χ1n) is 9.50. The van der Waals surface area contributed by atoms with Crippen LogP contribution in [0, 0.1) is 11.6 Å².